The second-order valence-corrected chi connectivity index (χ2v) is 5.33. The number of nitrogens with zero attached hydrogens (tertiary/aromatic N) is 2. The molecule has 112 valence electrons. The van der Waals surface area contributed by atoms with Gasteiger partial charge in [0.1, 0.15) is 5.51 Å². The highest BCUT2D eigenvalue weighted by atomic mass is 79.9. The zero-order valence-corrected chi connectivity index (χ0v) is 13.9. The second-order valence-electron chi connectivity index (χ2n) is 3.70. The number of carbonyl (C=O) groups is 1. The van der Waals surface area contributed by atoms with Crippen molar-refractivity contribution in [2.75, 3.05) is 26.6 Å². The highest BCUT2D eigenvalue weighted by Gasteiger charge is 2.23. The van der Waals surface area contributed by atoms with Crippen molar-refractivity contribution in [2.24, 2.45) is 0 Å². The minimum absolute atomic E-state index is 0.333. The molecule has 1 aromatic heterocycles. The molecule has 1 heterocycles. The zero-order valence-electron chi connectivity index (χ0n) is 11.5. The van der Waals surface area contributed by atoms with Crippen LogP contribution in [-0.4, -0.2) is 37.4 Å². The number of hydrogen-bond acceptors (Lipinski definition) is 7. The highest BCUT2D eigenvalue weighted by molar-refractivity contribution is 9.10. The molecule has 1 aromatic carbocycles. The van der Waals surface area contributed by atoms with Gasteiger partial charge in [0, 0.05) is 0 Å². The van der Waals surface area contributed by atoms with Crippen LogP contribution in [0.2, 0.25) is 0 Å². The first-order valence-corrected chi connectivity index (χ1v) is 7.35. The van der Waals surface area contributed by atoms with Crippen molar-refractivity contribution < 1.29 is 19.0 Å². The zero-order chi connectivity index (χ0) is 15.4. The molecule has 0 saturated carbocycles. The van der Waals surface area contributed by atoms with Crippen molar-refractivity contribution in [3.63, 3.8) is 0 Å². The lowest BCUT2D eigenvalue weighted by Crippen LogP contribution is -2.13. The van der Waals surface area contributed by atoms with Crippen molar-refractivity contribution in [3.8, 4) is 17.2 Å². The fourth-order valence-electron chi connectivity index (χ4n) is 1.68. The maximum Gasteiger partial charge on any atom is 0.258 e. The lowest BCUT2D eigenvalue weighted by molar-refractivity contribution is 0.102. The summed E-state index contributed by atoms with van der Waals surface area (Å²) in [5.41, 5.74) is 1.86. The number of ether oxygens (including phenoxy) is 3. The maximum atomic E-state index is 12.3. The number of methoxy groups -OCH3 is 3. The standard InChI is InChI=1S/C12H12BrN3O4S/c1-18-7-4-6(8(13)10(20-3)9(7)19-2)11(17)15-12-16-14-5-21-12/h4-5H,1-3H3,(H,15,16,17). The molecule has 9 heteroatoms. The summed E-state index contributed by atoms with van der Waals surface area (Å²) in [4.78, 5) is 12.3. The molecule has 0 saturated heterocycles. The molecule has 0 bridgehead atoms. The Labute approximate surface area is 133 Å². The second kappa shape index (κ2) is 6.72. The normalized spacial score (nSPS) is 10.1. The van der Waals surface area contributed by atoms with E-state index in [-0.39, 0.29) is 5.91 Å². The molecular weight excluding hydrogens is 362 g/mol. The molecule has 0 spiro atoms. The van der Waals surface area contributed by atoms with E-state index in [1.54, 1.807) is 6.07 Å². The molecule has 7 nitrogen and oxygen atoms in total. The molecule has 0 aliphatic heterocycles. The molecule has 0 unspecified atom stereocenters. The average Bonchev–Trinajstić information content (AvgIpc) is 2.99. The molecule has 0 radical (unpaired) electrons. The molecule has 1 N–H and O–H groups in total. The van der Waals surface area contributed by atoms with Gasteiger partial charge in [-0.15, -0.1) is 10.2 Å². The summed E-state index contributed by atoms with van der Waals surface area (Å²) in [6.07, 6.45) is 0. The average molecular weight is 374 g/mol. The third-order valence-electron chi connectivity index (χ3n) is 2.59. The van der Waals surface area contributed by atoms with Gasteiger partial charge in [-0.05, 0) is 22.0 Å². The monoisotopic (exact) mass is 373 g/mol. The fraction of sp³-hybridized carbons (Fsp3) is 0.250. The number of anilines is 1. The first-order valence-electron chi connectivity index (χ1n) is 5.68. The van der Waals surface area contributed by atoms with Gasteiger partial charge in [0.05, 0.1) is 31.4 Å². The topological polar surface area (TPSA) is 82.6 Å². The number of benzene rings is 1. The summed E-state index contributed by atoms with van der Waals surface area (Å²) in [6.45, 7) is 0. The Morgan fingerprint density at radius 3 is 2.48 bits per heavy atom. The van der Waals surface area contributed by atoms with Gasteiger partial charge in [-0.1, -0.05) is 11.3 Å². The van der Waals surface area contributed by atoms with Crippen LogP contribution in [0.25, 0.3) is 0 Å². The van der Waals surface area contributed by atoms with Gasteiger partial charge >= 0.3 is 0 Å². The van der Waals surface area contributed by atoms with E-state index in [1.807, 2.05) is 0 Å². The Balaban J connectivity index is 2.45. The molecule has 21 heavy (non-hydrogen) atoms. The Bertz CT molecular complexity index is 648. The van der Waals surface area contributed by atoms with Crippen molar-refractivity contribution in [1.82, 2.24) is 10.2 Å². The number of rotatable bonds is 5. The molecule has 2 aromatic rings. The summed E-state index contributed by atoms with van der Waals surface area (Å²) in [5, 5.41) is 10.5. The third-order valence-corrected chi connectivity index (χ3v) is 3.99. The van der Waals surface area contributed by atoms with Crippen LogP contribution >= 0.6 is 27.3 Å². The Morgan fingerprint density at radius 2 is 1.95 bits per heavy atom. The van der Waals surface area contributed by atoms with E-state index in [0.717, 1.165) is 0 Å². The van der Waals surface area contributed by atoms with Crippen LogP contribution in [0.3, 0.4) is 0 Å². The van der Waals surface area contributed by atoms with E-state index in [2.05, 4.69) is 31.4 Å². The highest BCUT2D eigenvalue weighted by Crippen LogP contribution is 2.44. The minimum atomic E-state index is -0.363. The number of carbonyl (C=O) groups excluding carboxylic acids is 1. The van der Waals surface area contributed by atoms with Crippen LogP contribution in [-0.2, 0) is 0 Å². The third kappa shape index (κ3) is 3.08. The number of amides is 1. The van der Waals surface area contributed by atoms with Crippen LogP contribution < -0.4 is 19.5 Å². The van der Waals surface area contributed by atoms with E-state index in [4.69, 9.17) is 14.2 Å². The summed E-state index contributed by atoms with van der Waals surface area (Å²) in [6, 6.07) is 1.56. The Kier molecular flexibility index (Phi) is 4.97. The largest absolute Gasteiger partial charge is 0.493 e. The SMILES string of the molecule is COc1cc(C(=O)Nc2nncs2)c(Br)c(OC)c1OC. The number of hydrogen-bond donors (Lipinski definition) is 1. The van der Waals surface area contributed by atoms with Gasteiger partial charge in [0.25, 0.3) is 5.91 Å². The summed E-state index contributed by atoms with van der Waals surface area (Å²) < 4.78 is 16.2. The predicted molar refractivity (Wildman–Crippen MR) is 81.7 cm³/mol. The molecule has 1 amide bonds. The van der Waals surface area contributed by atoms with Crippen LogP contribution in [0.5, 0.6) is 17.2 Å². The smallest absolute Gasteiger partial charge is 0.258 e. The van der Waals surface area contributed by atoms with Crippen molar-refractivity contribution in [1.29, 1.82) is 0 Å². The lowest BCUT2D eigenvalue weighted by atomic mass is 10.1. The van der Waals surface area contributed by atoms with Crippen LogP contribution in [0, 0.1) is 0 Å². The first kappa shape index (κ1) is 15.5. The molecule has 0 fully saturated rings. The van der Waals surface area contributed by atoms with Crippen LogP contribution in [0.1, 0.15) is 10.4 Å². The first-order chi connectivity index (χ1) is 10.1. The van der Waals surface area contributed by atoms with Crippen molar-refractivity contribution in [3.05, 3.63) is 21.6 Å². The van der Waals surface area contributed by atoms with E-state index in [0.29, 0.717) is 32.4 Å². The molecule has 2 rings (SSSR count). The summed E-state index contributed by atoms with van der Waals surface area (Å²) in [7, 11) is 4.46. The van der Waals surface area contributed by atoms with E-state index < -0.39 is 0 Å². The van der Waals surface area contributed by atoms with Gasteiger partial charge in [0.2, 0.25) is 10.9 Å². The fourth-order valence-corrected chi connectivity index (χ4v) is 2.75. The number of halogens is 1. The van der Waals surface area contributed by atoms with Crippen molar-refractivity contribution >= 4 is 38.3 Å². The van der Waals surface area contributed by atoms with Gasteiger partial charge in [0.15, 0.2) is 11.5 Å². The number of nitrogens with one attached hydrogen (secondary N) is 1. The minimum Gasteiger partial charge on any atom is -0.493 e. The van der Waals surface area contributed by atoms with Gasteiger partial charge in [-0.3, -0.25) is 10.1 Å². The summed E-state index contributed by atoms with van der Waals surface area (Å²) >= 11 is 4.57. The Hall–Kier alpha value is -1.87. The van der Waals surface area contributed by atoms with Gasteiger partial charge < -0.3 is 14.2 Å². The van der Waals surface area contributed by atoms with Gasteiger partial charge in [-0.2, -0.15) is 0 Å². The summed E-state index contributed by atoms with van der Waals surface area (Å²) in [5.74, 6) is 0.802. The lowest BCUT2D eigenvalue weighted by Gasteiger charge is -2.16. The Morgan fingerprint density at radius 1 is 1.24 bits per heavy atom. The molecule has 0 aliphatic rings. The van der Waals surface area contributed by atoms with E-state index in [1.165, 1.54) is 38.2 Å². The molecule has 0 aliphatic carbocycles. The van der Waals surface area contributed by atoms with Crippen LogP contribution in [0.4, 0.5) is 5.13 Å². The van der Waals surface area contributed by atoms with Gasteiger partial charge in [-0.25, -0.2) is 0 Å². The van der Waals surface area contributed by atoms with E-state index >= 15 is 0 Å². The predicted octanol–water partition coefficient (Wildman–Crippen LogP) is 2.58. The quantitative estimate of drug-likeness (QED) is 0.866. The van der Waals surface area contributed by atoms with Crippen molar-refractivity contribution in [2.45, 2.75) is 0 Å². The molecular formula is C12H12BrN3O4S. The molecule has 0 atom stereocenters. The van der Waals surface area contributed by atoms with Crippen LogP contribution in [0.15, 0.2) is 16.0 Å². The maximum absolute atomic E-state index is 12.3. The number of aromatic nitrogens is 2. The van der Waals surface area contributed by atoms with E-state index in [9.17, 15) is 4.79 Å².